The van der Waals surface area contributed by atoms with E-state index in [1.54, 1.807) is 12.1 Å². The Bertz CT molecular complexity index is 533. The Kier molecular flexibility index (Phi) is 12.9. The molecule has 0 aliphatic rings. The third-order valence-corrected chi connectivity index (χ3v) is 5.45. The van der Waals surface area contributed by atoms with Crippen LogP contribution in [-0.2, 0) is 20.5 Å². The van der Waals surface area contributed by atoms with Gasteiger partial charge in [0.15, 0.2) is 8.03 Å². The van der Waals surface area contributed by atoms with Crippen molar-refractivity contribution in [1.29, 1.82) is 0 Å². The third kappa shape index (κ3) is 11.6. The molecule has 0 saturated heterocycles. The number of rotatable bonds is 9. The van der Waals surface area contributed by atoms with Crippen LogP contribution in [0.15, 0.2) is 30.3 Å². The summed E-state index contributed by atoms with van der Waals surface area (Å²) in [6.45, 7) is 3.94. The molecule has 1 aromatic carbocycles. The summed E-state index contributed by atoms with van der Waals surface area (Å²) in [4.78, 5) is 29.1. The number of hydrogen-bond acceptors (Lipinski definition) is 4. The van der Waals surface area contributed by atoms with E-state index >= 15 is 0 Å². The summed E-state index contributed by atoms with van der Waals surface area (Å²) in [5.74, 6) is 0. The molecule has 0 heterocycles. The molecule has 2 N–H and O–H groups in total. The first-order valence-electron chi connectivity index (χ1n) is 8.08. The first-order valence-corrected chi connectivity index (χ1v) is 11.5. The summed E-state index contributed by atoms with van der Waals surface area (Å²) in [6, 6.07) is 9.07. The van der Waals surface area contributed by atoms with Gasteiger partial charge in [-0.2, -0.15) is 0 Å². The summed E-state index contributed by atoms with van der Waals surface area (Å²) in [5.41, 5.74) is -0.189. The van der Waals surface area contributed by atoms with Gasteiger partial charge in [0.05, 0.1) is 0 Å². The Morgan fingerprint density at radius 1 is 1.17 bits per heavy atom. The molecule has 0 spiro atoms. The molecule has 0 aliphatic heterocycles. The van der Waals surface area contributed by atoms with Crippen LogP contribution in [0.4, 0.5) is 4.79 Å². The first kappa shape index (κ1) is 23.1. The van der Waals surface area contributed by atoms with Crippen molar-refractivity contribution in [2.45, 2.75) is 46.1 Å². The van der Waals surface area contributed by atoms with Crippen molar-refractivity contribution in [2.75, 3.05) is 12.3 Å². The molecule has 2 unspecified atom stereocenters. The molecular weight excluding hydrogens is 350 g/mol. The largest absolute Gasteiger partial charge is 0.454 e. The second-order valence-electron chi connectivity index (χ2n) is 5.32. The van der Waals surface area contributed by atoms with E-state index in [1.165, 1.54) is 0 Å². The van der Waals surface area contributed by atoms with Crippen LogP contribution in [-0.4, -0.2) is 27.8 Å². The van der Waals surface area contributed by atoms with E-state index in [9.17, 15) is 18.8 Å². The fraction of sp³-hybridized carbons (Fsp3) is 0.562. The van der Waals surface area contributed by atoms with Crippen LogP contribution in [0.3, 0.4) is 0 Å². The van der Waals surface area contributed by atoms with Gasteiger partial charge in [0.2, 0.25) is 0 Å². The zero-order valence-electron chi connectivity index (χ0n) is 14.3. The molecule has 1 rings (SSSR count). The van der Waals surface area contributed by atoms with E-state index in [0.717, 1.165) is 24.8 Å². The zero-order chi connectivity index (χ0) is 18.4. The molecule has 0 saturated carbocycles. The third-order valence-electron chi connectivity index (χ3n) is 3.05. The smallest absolute Gasteiger partial charge is 0.391 e. The van der Waals surface area contributed by atoms with Gasteiger partial charge in [-0.3, -0.25) is 9.13 Å². The molecular formula is C16H28O6P2. The monoisotopic (exact) mass is 378 g/mol. The van der Waals surface area contributed by atoms with Crippen LogP contribution >= 0.6 is 15.4 Å². The fourth-order valence-electron chi connectivity index (χ4n) is 1.61. The number of unbranched alkanes of at least 4 members (excludes halogenated alkanes) is 2. The molecule has 138 valence electrons. The van der Waals surface area contributed by atoms with E-state index in [-0.39, 0.29) is 12.8 Å². The van der Waals surface area contributed by atoms with Gasteiger partial charge in [0.25, 0.3) is 0 Å². The summed E-state index contributed by atoms with van der Waals surface area (Å²) in [6.07, 6.45) is 3.72. The van der Waals surface area contributed by atoms with Gasteiger partial charge in [-0.05, 0) is 18.4 Å². The molecule has 24 heavy (non-hydrogen) atoms. The topological polar surface area (TPSA) is 101 Å². The van der Waals surface area contributed by atoms with Gasteiger partial charge in [-0.15, -0.1) is 0 Å². The highest BCUT2D eigenvalue weighted by atomic mass is 31.2. The quantitative estimate of drug-likeness (QED) is 0.607. The highest BCUT2D eigenvalue weighted by Crippen LogP contribution is 2.43. The maximum Gasteiger partial charge on any atom is 0.391 e. The minimum absolute atomic E-state index is 0.00285. The van der Waals surface area contributed by atoms with Crippen LogP contribution in [0, 0.1) is 0 Å². The van der Waals surface area contributed by atoms with Gasteiger partial charge < -0.3 is 14.5 Å². The lowest BCUT2D eigenvalue weighted by atomic mass is 10.2. The summed E-state index contributed by atoms with van der Waals surface area (Å²) in [7, 11) is -5.95. The van der Waals surface area contributed by atoms with Crippen molar-refractivity contribution in [1.82, 2.24) is 0 Å². The van der Waals surface area contributed by atoms with Gasteiger partial charge in [0, 0.05) is 12.3 Å². The van der Waals surface area contributed by atoms with E-state index in [4.69, 9.17) is 9.63 Å². The molecule has 8 heteroatoms. The highest BCUT2D eigenvalue weighted by molar-refractivity contribution is 7.74. The van der Waals surface area contributed by atoms with E-state index in [2.05, 4.69) is 0 Å². The summed E-state index contributed by atoms with van der Waals surface area (Å²) in [5, 5.41) is 0. The minimum atomic E-state index is -3.80. The van der Waals surface area contributed by atoms with Gasteiger partial charge in [-0.25, -0.2) is 4.79 Å². The fourth-order valence-corrected chi connectivity index (χ4v) is 3.46. The Labute approximate surface area is 144 Å². The molecule has 0 aromatic heterocycles. The molecule has 0 fully saturated rings. The maximum absolute atomic E-state index is 11.6. The van der Waals surface area contributed by atoms with E-state index < -0.39 is 21.1 Å². The average Bonchev–Trinajstić information content (AvgIpc) is 2.57. The van der Waals surface area contributed by atoms with Crippen molar-refractivity contribution < 1.29 is 28.4 Å². The maximum atomic E-state index is 11.6. The van der Waals surface area contributed by atoms with Crippen molar-refractivity contribution in [3.8, 4) is 0 Å². The number of ether oxygens (including phenoxy) is 1. The van der Waals surface area contributed by atoms with Crippen molar-refractivity contribution >= 4 is 21.1 Å². The molecule has 2 atom stereocenters. The van der Waals surface area contributed by atoms with E-state index in [0.29, 0.717) is 12.6 Å². The second kappa shape index (κ2) is 13.4. The predicted molar refractivity (Wildman–Crippen MR) is 97.2 cm³/mol. The molecule has 1 aromatic rings. The van der Waals surface area contributed by atoms with Gasteiger partial charge >= 0.3 is 13.1 Å². The van der Waals surface area contributed by atoms with Gasteiger partial charge in [0.1, 0.15) is 6.61 Å². The van der Waals surface area contributed by atoms with Crippen LogP contribution in [0.25, 0.3) is 0 Å². The molecule has 6 nitrogen and oxygen atoms in total. The van der Waals surface area contributed by atoms with Crippen LogP contribution in [0.1, 0.15) is 45.1 Å². The number of carbonyl (C=O) groups is 1. The Morgan fingerprint density at radius 3 is 2.21 bits per heavy atom. The lowest BCUT2D eigenvalue weighted by Gasteiger charge is -2.10. The Hall–Kier alpha value is -0.930. The minimum Gasteiger partial charge on any atom is -0.454 e. The first-order chi connectivity index (χ1) is 11.3. The standard InChI is InChI=1S/C12H17O4P.C4H11O2P/c1-2-3-9-17(14,15)12(13)16-10-11-7-5-4-6-8-11;1-2-3-4-7(5)6/h4-8H,2-3,9-10H2,1H3,(H,14,15);7H,2-4H2,1H3,(H,5,6). The number of hydrogen-bond donors (Lipinski definition) is 2. The Morgan fingerprint density at radius 2 is 1.75 bits per heavy atom. The second-order valence-corrected chi connectivity index (χ2v) is 8.82. The molecule has 0 aliphatic carbocycles. The number of benzene rings is 1. The Balaban J connectivity index is 0.000000640. The number of carbonyl (C=O) groups excluding carboxylic acids is 1. The SMILES string of the molecule is CCCCP(=O)(O)C(=O)OCc1ccccc1.CCCC[PH](=O)O. The van der Waals surface area contributed by atoms with Crippen molar-refractivity contribution in [3.63, 3.8) is 0 Å². The lowest BCUT2D eigenvalue weighted by molar-refractivity contribution is 0.162. The molecule has 0 amide bonds. The summed E-state index contributed by atoms with van der Waals surface area (Å²) < 4.78 is 26.4. The van der Waals surface area contributed by atoms with Gasteiger partial charge in [-0.1, -0.05) is 57.0 Å². The van der Waals surface area contributed by atoms with E-state index in [1.807, 2.05) is 32.0 Å². The normalized spacial score (nSPS) is 14.0. The van der Waals surface area contributed by atoms with Crippen LogP contribution in [0.2, 0.25) is 0 Å². The molecule has 0 bridgehead atoms. The summed E-state index contributed by atoms with van der Waals surface area (Å²) >= 11 is 0. The molecule has 0 radical (unpaired) electrons. The predicted octanol–water partition coefficient (Wildman–Crippen LogP) is 4.65. The average molecular weight is 378 g/mol. The van der Waals surface area contributed by atoms with Crippen molar-refractivity contribution in [3.05, 3.63) is 35.9 Å². The van der Waals surface area contributed by atoms with Crippen molar-refractivity contribution in [2.24, 2.45) is 0 Å². The lowest BCUT2D eigenvalue weighted by Crippen LogP contribution is -2.06. The zero-order valence-corrected chi connectivity index (χ0v) is 16.2. The highest BCUT2D eigenvalue weighted by Gasteiger charge is 2.29. The van der Waals surface area contributed by atoms with Crippen LogP contribution in [0.5, 0.6) is 0 Å². The van der Waals surface area contributed by atoms with Crippen LogP contribution < -0.4 is 0 Å².